The van der Waals surface area contributed by atoms with Crippen molar-refractivity contribution in [2.24, 2.45) is 4.58 Å². The normalized spacial score (nSPS) is 24.3. The van der Waals surface area contributed by atoms with Crippen LogP contribution in [-0.2, 0) is 14.3 Å². The van der Waals surface area contributed by atoms with Crippen LogP contribution >= 0.6 is 11.9 Å². The quantitative estimate of drug-likeness (QED) is 0.231. The molecule has 2 amide bonds. The number of aliphatic hydroxyl groups excluding tert-OH is 2. The van der Waals surface area contributed by atoms with Crippen LogP contribution in [0.25, 0.3) is 11.2 Å². The largest absolute Gasteiger partial charge is 0.387 e. The predicted molar refractivity (Wildman–Crippen MR) is 114 cm³/mol. The average molecular weight is 468 g/mol. The maximum atomic E-state index is 12.7. The summed E-state index contributed by atoms with van der Waals surface area (Å²) in [5.74, 6) is -0.922. The molecule has 3 heterocycles. The van der Waals surface area contributed by atoms with Crippen molar-refractivity contribution >= 4 is 40.7 Å². The van der Waals surface area contributed by atoms with Gasteiger partial charge in [-0.2, -0.15) is 0 Å². The molecule has 1 aliphatic rings. The number of ether oxygens (including phenoxy) is 1. The third kappa shape index (κ3) is 4.64. The van der Waals surface area contributed by atoms with Crippen LogP contribution in [0.3, 0.4) is 0 Å². The van der Waals surface area contributed by atoms with Crippen molar-refractivity contribution in [3.63, 3.8) is 0 Å². The van der Waals surface area contributed by atoms with E-state index >= 15 is 0 Å². The van der Waals surface area contributed by atoms with Crippen molar-refractivity contribution in [2.75, 3.05) is 12.3 Å². The molecule has 2 aromatic heterocycles. The third-order valence-electron chi connectivity index (χ3n) is 5.05. The number of nitrogen functional groups attached to an aromatic ring is 1. The van der Waals surface area contributed by atoms with E-state index in [1.165, 1.54) is 24.1 Å². The Bertz CT molecular complexity index is 1020. The number of carbonyl (C=O) groups is 2. The van der Waals surface area contributed by atoms with Crippen LogP contribution in [0.15, 0.2) is 17.2 Å². The van der Waals surface area contributed by atoms with Gasteiger partial charge >= 0.3 is 0 Å². The van der Waals surface area contributed by atoms with Gasteiger partial charge in [-0.25, -0.2) is 15.0 Å². The van der Waals surface area contributed by atoms with E-state index in [1.54, 1.807) is 13.8 Å². The molecule has 1 aliphatic heterocycles. The molecule has 2 aromatic rings. The maximum absolute atomic E-state index is 12.7. The van der Waals surface area contributed by atoms with Crippen LogP contribution in [0, 0.1) is 4.91 Å². The van der Waals surface area contributed by atoms with E-state index in [0.717, 1.165) is 0 Å². The fraction of sp³-hybridized carbons (Fsp3) is 0.588. The first kappa shape index (κ1) is 23.8. The van der Waals surface area contributed by atoms with Gasteiger partial charge in [0.05, 0.1) is 11.1 Å². The number of amides is 2. The summed E-state index contributed by atoms with van der Waals surface area (Å²) in [5.41, 5.74) is 6.40. The number of rotatable bonds is 8. The van der Waals surface area contributed by atoms with Crippen LogP contribution in [-0.4, -0.2) is 77.2 Å². The number of aromatic nitrogens is 4. The van der Waals surface area contributed by atoms with Crippen LogP contribution in [0.4, 0.5) is 5.82 Å². The Labute approximate surface area is 186 Å². The summed E-state index contributed by atoms with van der Waals surface area (Å²) in [5, 5.41) is 26.0. The van der Waals surface area contributed by atoms with Gasteiger partial charge in [0, 0.05) is 30.0 Å². The number of carbonyl (C=O) groups excluding carboxylic acids is 2. The van der Waals surface area contributed by atoms with Crippen molar-refractivity contribution in [1.82, 2.24) is 30.2 Å². The molecule has 1 saturated heterocycles. The summed E-state index contributed by atoms with van der Waals surface area (Å²) >= 11 is 0.613. The van der Waals surface area contributed by atoms with Crippen LogP contribution < -0.4 is 16.4 Å². The van der Waals surface area contributed by atoms with Gasteiger partial charge in [0.1, 0.15) is 36.2 Å². The summed E-state index contributed by atoms with van der Waals surface area (Å²) in [7, 11) is 0. The van der Waals surface area contributed by atoms with Crippen molar-refractivity contribution in [1.29, 1.82) is 0 Å². The minimum absolute atomic E-state index is 0.153. The molecule has 0 radical (unpaired) electrons. The zero-order valence-electron chi connectivity index (χ0n) is 17.5. The van der Waals surface area contributed by atoms with E-state index in [4.69, 9.17) is 10.5 Å². The van der Waals surface area contributed by atoms with Gasteiger partial charge in [0.15, 0.2) is 17.7 Å². The van der Waals surface area contributed by atoms with Crippen molar-refractivity contribution in [3.05, 3.63) is 17.6 Å². The number of nitroso groups, excluding NO2 is 1. The smallest absolute Gasteiger partial charge is 0.244 e. The lowest BCUT2D eigenvalue weighted by atomic mass is 10.0. The van der Waals surface area contributed by atoms with E-state index in [1.807, 2.05) is 0 Å². The molecule has 6 N–H and O–H groups in total. The number of anilines is 1. The van der Waals surface area contributed by atoms with Gasteiger partial charge in [-0.05, 0) is 13.8 Å². The fourth-order valence-electron chi connectivity index (χ4n) is 3.39. The molecule has 14 nitrogen and oxygen atoms in total. The van der Waals surface area contributed by atoms with E-state index in [-0.39, 0.29) is 12.4 Å². The summed E-state index contributed by atoms with van der Waals surface area (Å²) in [6, 6.07) is -1.08. The van der Waals surface area contributed by atoms with Gasteiger partial charge in [-0.3, -0.25) is 14.2 Å². The molecule has 174 valence electrons. The third-order valence-corrected chi connectivity index (χ3v) is 5.83. The lowest BCUT2D eigenvalue weighted by Crippen LogP contribution is -2.57. The Morgan fingerprint density at radius 2 is 2.06 bits per heavy atom. The molecule has 0 bridgehead atoms. The lowest BCUT2D eigenvalue weighted by molar-refractivity contribution is -0.129. The number of aliphatic hydroxyl groups is 2. The second kappa shape index (κ2) is 9.32. The number of imidazole rings is 1. The second-order valence-corrected chi connectivity index (χ2v) is 9.16. The van der Waals surface area contributed by atoms with Gasteiger partial charge in [0.2, 0.25) is 11.8 Å². The maximum Gasteiger partial charge on any atom is 0.244 e. The van der Waals surface area contributed by atoms with Crippen molar-refractivity contribution < 1.29 is 24.5 Å². The van der Waals surface area contributed by atoms with Crippen LogP contribution in [0.5, 0.6) is 0 Å². The van der Waals surface area contributed by atoms with Gasteiger partial charge in [-0.15, -0.1) is 4.91 Å². The molecule has 0 spiro atoms. The first-order chi connectivity index (χ1) is 15.1. The monoisotopic (exact) mass is 468 g/mol. The Kier molecular flexibility index (Phi) is 6.92. The molecule has 32 heavy (non-hydrogen) atoms. The Morgan fingerprint density at radius 3 is 2.72 bits per heavy atom. The van der Waals surface area contributed by atoms with Crippen LogP contribution in [0.2, 0.25) is 0 Å². The average Bonchev–Trinajstić information content (AvgIpc) is 3.27. The van der Waals surface area contributed by atoms with Crippen molar-refractivity contribution in [3.8, 4) is 0 Å². The summed E-state index contributed by atoms with van der Waals surface area (Å²) in [6.45, 7) is 4.23. The van der Waals surface area contributed by atoms with E-state index in [0.29, 0.717) is 23.1 Å². The molecular formula is C17H24N8O6S. The molecule has 0 aromatic carbocycles. The number of hydrogen-bond acceptors (Lipinski definition) is 12. The topological polar surface area (TPSA) is 207 Å². The molecule has 15 heteroatoms. The zero-order valence-corrected chi connectivity index (χ0v) is 18.3. The summed E-state index contributed by atoms with van der Waals surface area (Å²) in [4.78, 5) is 47.0. The minimum atomic E-state index is -1.34. The first-order valence-corrected chi connectivity index (χ1v) is 10.3. The number of hydrogen-bond donors (Lipinski definition) is 5. The minimum Gasteiger partial charge on any atom is -0.387 e. The van der Waals surface area contributed by atoms with Gasteiger partial charge in [-0.1, -0.05) is 0 Å². The van der Waals surface area contributed by atoms with E-state index in [2.05, 4.69) is 30.2 Å². The highest BCUT2D eigenvalue weighted by Gasteiger charge is 2.45. The summed E-state index contributed by atoms with van der Waals surface area (Å²) < 4.78 is 8.90. The Hall–Kier alpha value is -2.88. The highest BCUT2D eigenvalue weighted by atomic mass is 32.2. The molecular weight excluding hydrogens is 444 g/mol. The molecule has 1 fully saturated rings. The zero-order chi connectivity index (χ0) is 23.6. The molecule has 1 unspecified atom stereocenters. The first-order valence-electron chi connectivity index (χ1n) is 9.57. The Morgan fingerprint density at radius 1 is 1.34 bits per heavy atom. The lowest BCUT2D eigenvalue weighted by Gasteiger charge is -2.30. The number of nitrogens with two attached hydrogens (primary N) is 1. The van der Waals surface area contributed by atoms with Gasteiger partial charge in [0.25, 0.3) is 0 Å². The van der Waals surface area contributed by atoms with E-state index in [9.17, 15) is 24.7 Å². The number of nitrogens with zero attached hydrogens (tertiary/aromatic N) is 5. The molecule has 0 saturated carbocycles. The summed E-state index contributed by atoms with van der Waals surface area (Å²) in [6.07, 6.45) is -2.10. The number of fused-ring (bicyclic) bond motifs is 1. The van der Waals surface area contributed by atoms with Crippen LogP contribution in [0.1, 0.15) is 27.0 Å². The molecule has 0 aliphatic carbocycles. The highest BCUT2D eigenvalue weighted by molar-refractivity contribution is 7.99. The molecule has 3 rings (SSSR count). The SMILES string of the molecule is CC(=O)NC(C(=O)NC[C@H]1O[C@@H](n2cnc3c(N)ncnc32)[C@H](O)[C@@H]1O)C(C)(C)SN=O. The van der Waals surface area contributed by atoms with Gasteiger partial charge < -0.3 is 31.3 Å². The predicted octanol–water partition coefficient (Wildman–Crippen LogP) is -1.16. The fourth-order valence-corrected chi connectivity index (χ4v) is 3.86. The second-order valence-electron chi connectivity index (χ2n) is 7.78. The number of nitrogens with one attached hydrogen (secondary N) is 2. The molecule has 5 atom stereocenters. The highest BCUT2D eigenvalue weighted by Crippen LogP contribution is 2.32. The van der Waals surface area contributed by atoms with E-state index < -0.39 is 47.1 Å². The Balaban J connectivity index is 1.72. The van der Waals surface area contributed by atoms with Crippen molar-refractivity contribution in [2.45, 2.75) is 56.1 Å². The standard InChI is InChI=1S/C17H24N8O6S/c1-7(26)23-12(17(2,3)32-24-30)15(29)19-4-8-10(27)11(28)16(31-8)25-6-22-9-13(18)20-5-21-14(9)25/h5-6,8,10-12,16,27-28H,4H2,1-3H3,(H,19,29)(H,23,26)(H2,18,20,21)/t8-,10-,11-,12?,16-/m1/s1.